The number of nitrogens with zero attached hydrogens (tertiary/aromatic N) is 3. The fraction of sp³-hybridized carbons (Fsp3) is 0.400. The first-order chi connectivity index (χ1) is 16.7. The molecule has 1 N–H and O–H groups in total. The summed E-state index contributed by atoms with van der Waals surface area (Å²) in [5.41, 5.74) is 1.33. The molecule has 0 radical (unpaired) electrons. The zero-order valence-electron chi connectivity index (χ0n) is 20.1. The van der Waals surface area contributed by atoms with Gasteiger partial charge in [-0.15, -0.1) is 16.9 Å². The molecule has 8 nitrogen and oxygen atoms in total. The van der Waals surface area contributed by atoms with Crippen LogP contribution in [-0.4, -0.2) is 47.2 Å². The number of thioether (sulfide) groups is 1. The van der Waals surface area contributed by atoms with Crippen molar-refractivity contribution in [2.24, 2.45) is 5.92 Å². The van der Waals surface area contributed by atoms with Crippen LogP contribution in [0.3, 0.4) is 0 Å². The predicted octanol–water partition coefficient (Wildman–Crippen LogP) is 4.83. The van der Waals surface area contributed by atoms with Gasteiger partial charge in [-0.05, 0) is 60.7 Å². The summed E-state index contributed by atoms with van der Waals surface area (Å²) in [5.74, 6) is 0.472. The summed E-state index contributed by atoms with van der Waals surface area (Å²) in [6.45, 7) is 7.48. The molecule has 35 heavy (non-hydrogen) atoms. The quantitative estimate of drug-likeness (QED) is 0.429. The van der Waals surface area contributed by atoms with E-state index in [0.717, 1.165) is 18.4 Å². The normalized spacial score (nSPS) is 15.4. The summed E-state index contributed by atoms with van der Waals surface area (Å²) in [4.78, 5) is 14.0. The largest absolute Gasteiger partial charge is 0.407 e. The Morgan fingerprint density at radius 2 is 1.74 bits per heavy atom. The van der Waals surface area contributed by atoms with E-state index in [-0.39, 0.29) is 10.9 Å². The van der Waals surface area contributed by atoms with E-state index in [1.54, 1.807) is 11.8 Å². The average molecular weight is 515 g/mol. The SMILES string of the molecule is CC1CCN(S(=O)(=O)c2ccc(C(=O)Nc3nnc(Cc4ccc(SC(C)C)cc4)o3)cc2)CC1. The number of hydrogen-bond acceptors (Lipinski definition) is 7. The number of nitrogens with one attached hydrogen (secondary N) is 1. The molecule has 0 aliphatic carbocycles. The summed E-state index contributed by atoms with van der Waals surface area (Å²) < 4.78 is 32.8. The molecule has 1 saturated heterocycles. The molecule has 2 aromatic carbocycles. The maximum atomic E-state index is 12.9. The van der Waals surface area contributed by atoms with Crippen LogP contribution < -0.4 is 5.32 Å². The molecule has 1 fully saturated rings. The second-order valence-electron chi connectivity index (χ2n) is 9.05. The summed E-state index contributed by atoms with van der Waals surface area (Å²) in [5, 5.41) is 11.0. The Morgan fingerprint density at radius 1 is 1.09 bits per heavy atom. The molecule has 0 unspecified atom stereocenters. The standard InChI is InChI=1S/C25H30N4O4S2/c1-17(2)34-21-8-4-19(5-9-21)16-23-27-28-25(33-23)26-24(30)20-6-10-22(11-7-20)35(31,32)29-14-12-18(3)13-15-29/h4-11,17-18H,12-16H2,1-3H3,(H,26,28,30). The second-order valence-corrected chi connectivity index (χ2v) is 12.6. The molecule has 0 saturated carbocycles. The van der Waals surface area contributed by atoms with Crippen LogP contribution in [0.2, 0.25) is 0 Å². The van der Waals surface area contributed by atoms with E-state index in [9.17, 15) is 13.2 Å². The summed E-state index contributed by atoms with van der Waals surface area (Å²) in [6.07, 6.45) is 2.17. The topological polar surface area (TPSA) is 105 Å². The third kappa shape index (κ3) is 6.50. The number of carbonyl (C=O) groups excluding carboxylic acids is 1. The number of carbonyl (C=O) groups is 1. The lowest BCUT2D eigenvalue weighted by Crippen LogP contribution is -2.37. The smallest absolute Gasteiger partial charge is 0.322 e. The van der Waals surface area contributed by atoms with E-state index in [0.29, 0.717) is 42.1 Å². The molecule has 2 heterocycles. The van der Waals surface area contributed by atoms with Gasteiger partial charge in [-0.25, -0.2) is 8.42 Å². The number of benzene rings is 2. The van der Waals surface area contributed by atoms with Gasteiger partial charge in [-0.1, -0.05) is 38.0 Å². The molecule has 0 spiro atoms. The molecular formula is C25H30N4O4S2. The first-order valence-electron chi connectivity index (χ1n) is 11.7. The van der Waals surface area contributed by atoms with Crippen LogP contribution in [0.5, 0.6) is 0 Å². The zero-order chi connectivity index (χ0) is 25.0. The summed E-state index contributed by atoms with van der Waals surface area (Å²) in [7, 11) is -3.56. The minimum absolute atomic E-state index is 0.00359. The Bertz CT molecular complexity index is 1250. The van der Waals surface area contributed by atoms with Crippen LogP contribution >= 0.6 is 11.8 Å². The molecule has 1 aliphatic heterocycles. The molecule has 0 atom stereocenters. The van der Waals surface area contributed by atoms with Crippen molar-refractivity contribution in [1.82, 2.24) is 14.5 Å². The molecule has 186 valence electrons. The molecule has 3 aromatic rings. The molecule has 4 rings (SSSR count). The fourth-order valence-electron chi connectivity index (χ4n) is 3.83. The van der Waals surface area contributed by atoms with Crippen LogP contribution in [0.25, 0.3) is 0 Å². The number of sulfonamides is 1. The van der Waals surface area contributed by atoms with Crippen molar-refractivity contribution >= 4 is 33.7 Å². The Morgan fingerprint density at radius 3 is 2.37 bits per heavy atom. The molecule has 0 bridgehead atoms. The van der Waals surface area contributed by atoms with Crippen LogP contribution in [0.4, 0.5) is 6.01 Å². The zero-order valence-corrected chi connectivity index (χ0v) is 21.7. The second kappa shape index (κ2) is 10.9. The average Bonchev–Trinajstić information content (AvgIpc) is 3.27. The van der Waals surface area contributed by atoms with Crippen molar-refractivity contribution in [3.63, 3.8) is 0 Å². The molecule has 1 aliphatic rings. The number of anilines is 1. The molecule has 10 heteroatoms. The van der Waals surface area contributed by atoms with E-state index >= 15 is 0 Å². The lowest BCUT2D eigenvalue weighted by molar-refractivity contribution is 0.102. The highest BCUT2D eigenvalue weighted by molar-refractivity contribution is 7.99. The van der Waals surface area contributed by atoms with E-state index in [2.05, 4.69) is 48.4 Å². The lowest BCUT2D eigenvalue weighted by atomic mass is 10.0. The highest BCUT2D eigenvalue weighted by Crippen LogP contribution is 2.25. The van der Waals surface area contributed by atoms with E-state index in [1.807, 2.05) is 12.1 Å². The van der Waals surface area contributed by atoms with Crippen molar-refractivity contribution in [3.8, 4) is 0 Å². The van der Waals surface area contributed by atoms with Gasteiger partial charge in [-0.3, -0.25) is 10.1 Å². The molecule has 1 aromatic heterocycles. The van der Waals surface area contributed by atoms with Crippen molar-refractivity contribution in [2.75, 3.05) is 18.4 Å². The maximum absolute atomic E-state index is 12.9. The van der Waals surface area contributed by atoms with Crippen LogP contribution in [0, 0.1) is 5.92 Å². The minimum atomic E-state index is -3.56. The van der Waals surface area contributed by atoms with Crippen molar-refractivity contribution in [3.05, 3.63) is 65.5 Å². The van der Waals surface area contributed by atoms with Gasteiger partial charge in [0.2, 0.25) is 15.9 Å². The van der Waals surface area contributed by atoms with Gasteiger partial charge in [0.1, 0.15) is 0 Å². The van der Waals surface area contributed by atoms with Crippen LogP contribution in [-0.2, 0) is 16.4 Å². The highest BCUT2D eigenvalue weighted by atomic mass is 32.2. The Kier molecular flexibility index (Phi) is 7.93. The Balaban J connectivity index is 1.35. The maximum Gasteiger partial charge on any atom is 0.322 e. The predicted molar refractivity (Wildman–Crippen MR) is 136 cm³/mol. The van der Waals surface area contributed by atoms with Gasteiger partial charge < -0.3 is 4.42 Å². The first kappa shape index (κ1) is 25.4. The lowest BCUT2D eigenvalue weighted by Gasteiger charge is -2.29. The summed E-state index contributed by atoms with van der Waals surface area (Å²) >= 11 is 1.80. The fourth-order valence-corrected chi connectivity index (χ4v) is 6.14. The Labute approximate surface area is 210 Å². The van der Waals surface area contributed by atoms with Gasteiger partial charge in [-0.2, -0.15) is 4.31 Å². The van der Waals surface area contributed by atoms with Gasteiger partial charge in [0.15, 0.2) is 0 Å². The third-order valence-corrected chi connectivity index (χ3v) is 8.76. The Hall–Kier alpha value is -2.69. The van der Waals surface area contributed by atoms with Gasteiger partial charge in [0.05, 0.1) is 11.3 Å². The van der Waals surface area contributed by atoms with E-state index in [1.165, 1.54) is 33.5 Å². The van der Waals surface area contributed by atoms with Gasteiger partial charge >= 0.3 is 6.01 Å². The van der Waals surface area contributed by atoms with Crippen LogP contribution in [0.1, 0.15) is 55.4 Å². The monoisotopic (exact) mass is 514 g/mol. The molecule has 1 amide bonds. The number of amides is 1. The van der Waals surface area contributed by atoms with Crippen LogP contribution in [0.15, 0.2) is 62.7 Å². The highest BCUT2D eigenvalue weighted by Gasteiger charge is 2.28. The van der Waals surface area contributed by atoms with Gasteiger partial charge in [0, 0.05) is 28.8 Å². The third-order valence-electron chi connectivity index (χ3n) is 5.83. The van der Waals surface area contributed by atoms with Crippen molar-refractivity contribution in [1.29, 1.82) is 0 Å². The van der Waals surface area contributed by atoms with Crippen molar-refractivity contribution in [2.45, 2.75) is 55.1 Å². The number of piperidine rings is 1. The first-order valence-corrected chi connectivity index (χ1v) is 14.0. The van der Waals surface area contributed by atoms with E-state index < -0.39 is 15.9 Å². The number of hydrogen-bond donors (Lipinski definition) is 1. The summed E-state index contributed by atoms with van der Waals surface area (Å²) in [6, 6.07) is 14.1. The van der Waals surface area contributed by atoms with Crippen molar-refractivity contribution < 1.29 is 17.6 Å². The molecular weight excluding hydrogens is 484 g/mol. The number of rotatable bonds is 8. The van der Waals surface area contributed by atoms with Gasteiger partial charge in [0.25, 0.3) is 5.91 Å². The minimum Gasteiger partial charge on any atom is -0.407 e. The number of aromatic nitrogens is 2. The van der Waals surface area contributed by atoms with E-state index in [4.69, 9.17) is 4.42 Å².